The molecule has 0 bridgehead atoms. The zero-order chi connectivity index (χ0) is 25.5. The fourth-order valence-corrected chi connectivity index (χ4v) is 5.61. The molecule has 1 unspecified atom stereocenters. The molecule has 1 aromatic carbocycles. The van der Waals surface area contributed by atoms with Crippen molar-refractivity contribution in [3.63, 3.8) is 0 Å². The maximum Gasteiger partial charge on any atom is 0.257 e. The number of ether oxygens (including phenoxy) is 1. The summed E-state index contributed by atoms with van der Waals surface area (Å²) < 4.78 is 10.4. The first kappa shape index (κ1) is 25.9. The van der Waals surface area contributed by atoms with Crippen LogP contribution in [-0.2, 0) is 14.9 Å². The van der Waals surface area contributed by atoms with Crippen LogP contribution in [0.2, 0.25) is 0 Å². The highest BCUT2D eigenvalue weighted by Gasteiger charge is 2.36. The number of aryl methyl sites for hydroxylation is 2. The van der Waals surface area contributed by atoms with Gasteiger partial charge in [-0.2, -0.15) is 5.26 Å². The molecule has 1 aliphatic heterocycles. The summed E-state index contributed by atoms with van der Waals surface area (Å²) in [6.45, 7) is 4.82. The summed E-state index contributed by atoms with van der Waals surface area (Å²) in [5.74, 6) is -0.520. The predicted molar refractivity (Wildman–Crippen MR) is 135 cm³/mol. The van der Waals surface area contributed by atoms with Crippen molar-refractivity contribution in [2.45, 2.75) is 83.1 Å². The van der Waals surface area contributed by atoms with Gasteiger partial charge >= 0.3 is 0 Å². The van der Waals surface area contributed by atoms with E-state index < -0.39 is 11.5 Å². The van der Waals surface area contributed by atoms with Gasteiger partial charge in [0.25, 0.3) is 5.91 Å². The van der Waals surface area contributed by atoms with Crippen molar-refractivity contribution < 1.29 is 18.8 Å². The number of nitriles is 1. The van der Waals surface area contributed by atoms with Gasteiger partial charge in [-0.15, -0.1) is 0 Å². The summed E-state index contributed by atoms with van der Waals surface area (Å²) in [6.07, 6.45) is 10.0. The molecule has 4 rings (SSSR count). The summed E-state index contributed by atoms with van der Waals surface area (Å²) in [4.78, 5) is 26.6. The first-order chi connectivity index (χ1) is 17.4. The van der Waals surface area contributed by atoms with Gasteiger partial charge in [-0.1, -0.05) is 43.3 Å². The Balaban J connectivity index is 1.54. The lowest BCUT2D eigenvalue weighted by Gasteiger charge is -2.32. The molecule has 192 valence electrons. The number of carbonyl (C=O) groups is 2. The molecule has 2 amide bonds. The van der Waals surface area contributed by atoms with E-state index in [9.17, 15) is 14.9 Å². The van der Waals surface area contributed by atoms with Gasteiger partial charge in [0.2, 0.25) is 5.91 Å². The van der Waals surface area contributed by atoms with E-state index in [-0.39, 0.29) is 17.7 Å². The second-order valence-electron chi connectivity index (χ2n) is 10.2. The normalized spacial score (nSPS) is 19.4. The summed E-state index contributed by atoms with van der Waals surface area (Å²) >= 11 is 0. The first-order valence-corrected chi connectivity index (χ1v) is 13.1. The standard InChI is InChI=1S/C28H36N4O4/c1-19-16-22(10-11-24(19)28(18-29)12-14-35-15-13-28)30-27(34)25(21-8-6-4-3-5-7-9-21)31-26(33)23-17-36-32-20(23)2/h10-11,16-17,21,25H,3-9,12-15H2,1-2H3,(H,30,34)(H,31,33). The number of hydrogen-bond donors (Lipinski definition) is 2. The van der Waals surface area contributed by atoms with Gasteiger partial charge in [-0.05, 0) is 68.7 Å². The van der Waals surface area contributed by atoms with Crippen molar-refractivity contribution >= 4 is 17.5 Å². The average Bonchev–Trinajstić information content (AvgIpc) is 3.29. The molecule has 36 heavy (non-hydrogen) atoms. The number of amides is 2. The molecular formula is C28H36N4O4. The van der Waals surface area contributed by atoms with Gasteiger partial charge in [0, 0.05) is 18.9 Å². The lowest BCUT2D eigenvalue weighted by molar-refractivity contribution is -0.119. The van der Waals surface area contributed by atoms with Crippen LogP contribution >= 0.6 is 0 Å². The fourth-order valence-electron chi connectivity index (χ4n) is 5.61. The molecule has 8 nitrogen and oxygen atoms in total. The van der Waals surface area contributed by atoms with E-state index in [1.54, 1.807) is 6.92 Å². The molecule has 8 heteroatoms. The molecule has 2 fully saturated rings. The van der Waals surface area contributed by atoms with Crippen LogP contribution in [0.25, 0.3) is 0 Å². The van der Waals surface area contributed by atoms with Crippen molar-refractivity contribution in [2.75, 3.05) is 18.5 Å². The second-order valence-corrected chi connectivity index (χ2v) is 10.2. The van der Waals surface area contributed by atoms with Crippen LogP contribution in [0.15, 0.2) is 29.0 Å². The number of carbonyl (C=O) groups excluding carboxylic acids is 2. The number of nitrogens with one attached hydrogen (secondary N) is 2. The molecule has 2 heterocycles. The van der Waals surface area contributed by atoms with Gasteiger partial charge < -0.3 is 19.9 Å². The average molecular weight is 493 g/mol. The number of benzene rings is 1. The molecule has 0 radical (unpaired) electrons. The Bertz CT molecular complexity index is 1100. The van der Waals surface area contributed by atoms with Crippen LogP contribution in [0.5, 0.6) is 0 Å². The highest BCUT2D eigenvalue weighted by Crippen LogP contribution is 2.37. The molecule has 1 saturated heterocycles. The van der Waals surface area contributed by atoms with E-state index in [1.807, 2.05) is 25.1 Å². The molecule has 2 aliphatic rings. The van der Waals surface area contributed by atoms with E-state index in [4.69, 9.17) is 9.26 Å². The molecule has 2 aromatic rings. The monoisotopic (exact) mass is 492 g/mol. The highest BCUT2D eigenvalue weighted by molar-refractivity contribution is 6.01. The largest absolute Gasteiger partial charge is 0.381 e. The molecule has 1 aliphatic carbocycles. The first-order valence-electron chi connectivity index (χ1n) is 13.1. The van der Waals surface area contributed by atoms with Crippen molar-refractivity contribution in [2.24, 2.45) is 5.92 Å². The number of hydrogen-bond acceptors (Lipinski definition) is 6. The fraction of sp³-hybridized carbons (Fsp3) is 0.571. The number of rotatable bonds is 6. The third kappa shape index (κ3) is 5.79. The van der Waals surface area contributed by atoms with Crippen LogP contribution in [0.3, 0.4) is 0 Å². The quantitative estimate of drug-likeness (QED) is 0.588. The van der Waals surface area contributed by atoms with E-state index in [2.05, 4.69) is 21.9 Å². The van der Waals surface area contributed by atoms with Crippen LogP contribution in [0.4, 0.5) is 5.69 Å². The Labute approximate surface area is 212 Å². The Morgan fingerprint density at radius 3 is 2.42 bits per heavy atom. The maximum atomic E-state index is 13.6. The topological polar surface area (TPSA) is 117 Å². The van der Waals surface area contributed by atoms with Crippen LogP contribution in [-0.4, -0.2) is 36.2 Å². The van der Waals surface area contributed by atoms with Crippen molar-refractivity contribution in [1.29, 1.82) is 5.26 Å². The molecular weight excluding hydrogens is 456 g/mol. The van der Waals surface area contributed by atoms with E-state index in [1.165, 1.54) is 12.7 Å². The highest BCUT2D eigenvalue weighted by atomic mass is 16.5. The minimum Gasteiger partial charge on any atom is -0.381 e. The Morgan fingerprint density at radius 1 is 1.11 bits per heavy atom. The van der Waals surface area contributed by atoms with E-state index in [0.29, 0.717) is 43.0 Å². The summed E-state index contributed by atoms with van der Waals surface area (Å²) in [5.41, 5.74) is 2.89. The van der Waals surface area contributed by atoms with Crippen molar-refractivity contribution in [3.8, 4) is 6.07 Å². The molecule has 0 spiro atoms. The minimum absolute atomic E-state index is 0.0545. The predicted octanol–water partition coefficient (Wildman–Crippen LogP) is 4.96. The van der Waals surface area contributed by atoms with Gasteiger partial charge in [-0.25, -0.2) is 0 Å². The third-order valence-electron chi connectivity index (χ3n) is 7.75. The third-order valence-corrected chi connectivity index (χ3v) is 7.75. The van der Waals surface area contributed by atoms with E-state index in [0.717, 1.165) is 49.7 Å². The smallest absolute Gasteiger partial charge is 0.257 e. The minimum atomic E-state index is -0.661. The van der Waals surface area contributed by atoms with Gasteiger partial charge in [0.15, 0.2) is 0 Å². The molecule has 1 atom stereocenters. The second kappa shape index (κ2) is 11.7. The van der Waals surface area contributed by atoms with E-state index >= 15 is 0 Å². The zero-order valence-corrected chi connectivity index (χ0v) is 21.3. The Morgan fingerprint density at radius 2 is 1.81 bits per heavy atom. The lowest BCUT2D eigenvalue weighted by Crippen LogP contribution is -2.48. The van der Waals surface area contributed by atoms with Crippen molar-refractivity contribution in [1.82, 2.24) is 10.5 Å². The lowest BCUT2D eigenvalue weighted by atomic mass is 9.74. The summed E-state index contributed by atoms with van der Waals surface area (Å²) in [6, 6.07) is 7.58. The number of anilines is 1. The summed E-state index contributed by atoms with van der Waals surface area (Å²) in [7, 11) is 0. The van der Waals surface area contributed by atoms with Gasteiger partial charge in [0.05, 0.1) is 17.2 Å². The SMILES string of the molecule is Cc1cc(NC(=O)C(NC(=O)c2conc2C)C2CCCCCCC2)ccc1C1(C#N)CCOCC1. The number of aromatic nitrogens is 1. The molecule has 1 aromatic heterocycles. The Hall–Kier alpha value is -3.18. The Kier molecular flexibility index (Phi) is 8.42. The van der Waals surface area contributed by atoms with Crippen molar-refractivity contribution in [3.05, 3.63) is 46.8 Å². The van der Waals surface area contributed by atoms with Crippen LogP contribution in [0, 0.1) is 31.1 Å². The molecule has 1 saturated carbocycles. The summed E-state index contributed by atoms with van der Waals surface area (Å²) in [5, 5.41) is 19.8. The van der Waals surface area contributed by atoms with Crippen LogP contribution in [0.1, 0.15) is 85.0 Å². The zero-order valence-electron chi connectivity index (χ0n) is 21.3. The van der Waals surface area contributed by atoms with Gasteiger partial charge in [-0.3, -0.25) is 9.59 Å². The maximum absolute atomic E-state index is 13.6. The van der Waals surface area contributed by atoms with Crippen LogP contribution < -0.4 is 10.6 Å². The molecule has 2 N–H and O–H groups in total. The van der Waals surface area contributed by atoms with Gasteiger partial charge in [0.1, 0.15) is 17.9 Å². The number of nitrogens with zero attached hydrogens (tertiary/aromatic N) is 2.